The average molecular weight is 384 g/mol. The van der Waals surface area contributed by atoms with Gasteiger partial charge >= 0.3 is 0 Å². The molecular weight excluding hydrogens is 364 g/mol. The Hall–Kier alpha value is -2.90. The molecule has 0 aromatic heterocycles. The molecule has 140 valence electrons. The van der Waals surface area contributed by atoms with Crippen LogP contribution in [0.1, 0.15) is 15.9 Å². The van der Waals surface area contributed by atoms with Gasteiger partial charge in [-0.2, -0.15) is 0 Å². The summed E-state index contributed by atoms with van der Waals surface area (Å²) >= 11 is 0. The maximum absolute atomic E-state index is 12.6. The van der Waals surface area contributed by atoms with Crippen molar-refractivity contribution in [2.24, 2.45) is 0 Å². The van der Waals surface area contributed by atoms with Crippen LogP contribution in [0.25, 0.3) is 10.8 Å². The third-order valence-electron chi connectivity index (χ3n) is 4.30. The lowest BCUT2D eigenvalue weighted by atomic mass is 10.0. The summed E-state index contributed by atoms with van der Waals surface area (Å²) in [5.74, 6) is -0.187. The Morgan fingerprint density at radius 2 is 1.78 bits per heavy atom. The van der Waals surface area contributed by atoms with Crippen LogP contribution in [0.4, 0.5) is 0 Å². The first-order valence-electron chi connectivity index (χ1n) is 8.32. The van der Waals surface area contributed by atoms with Gasteiger partial charge in [-0.3, -0.25) is 4.79 Å². The first kappa shape index (κ1) is 18.9. The molecular formula is C20H20N2O4S. The standard InChI is InChI=1S/C20H20N2O4S/c1-21-27(24,25)19-12-15(10-11-18(19)26-2)20(23)22-13-16-8-5-7-14-6-3-4-9-17(14)16/h3-12,21H,13H2,1-2H3,(H,22,23). The first-order valence-corrected chi connectivity index (χ1v) is 9.81. The van der Waals surface area contributed by atoms with Crippen LogP contribution in [0, 0.1) is 0 Å². The number of fused-ring (bicyclic) bond motifs is 1. The van der Waals surface area contributed by atoms with E-state index in [4.69, 9.17) is 4.74 Å². The van der Waals surface area contributed by atoms with Gasteiger partial charge in [-0.05, 0) is 41.6 Å². The summed E-state index contributed by atoms with van der Waals surface area (Å²) in [6.07, 6.45) is 0. The fourth-order valence-electron chi connectivity index (χ4n) is 2.86. The van der Waals surface area contributed by atoms with E-state index < -0.39 is 10.0 Å². The van der Waals surface area contributed by atoms with Gasteiger partial charge in [0.05, 0.1) is 7.11 Å². The Balaban J connectivity index is 1.85. The number of ether oxygens (including phenoxy) is 1. The van der Waals surface area contributed by atoms with Gasteiger partial charge in [0.25, 0.3) is 5.91 Å². The molecule has 0 aliphatic rings. The average Bonchev–Trinajstić information content (AvgIpc) is 2.71. The number of hydrogen-bond acceptors (Lipinski definition) is 4. The van der Waals surface area contributed by atoms with E-state index in [-0.39, 0.29) is 22.1 Å². The van der Waals surface area contributed by atoms with Gasteiger partial charge in [0.1, 0.15) is 10.6 Å². The monoisotopic (exact) mass is 384 g/mol. The van der Waals surface area contributed by atoms with Crippen LogP contribution >= 0.6 is 0 Å². The molecule has 0 atom stereocenters. The summed E-state index contributed by atoms with van der Waals surface area (Å²) in [6.45, 7) is 0.334. The van der Waals surface area contributed by atoms with Crippen LogP contribution < -0.4 is 14.8 Å². The second-order valence-corrected chi connectivity index (χ2v) is 7.75. The van der Waals surface area contributed by atoms with E-state index in [1.165, 1.54) is 32.4 Å². The molecule has 0 radical (unpaired) electrons. The number of amides is 1. The highest BCUT2D eigenvalue weighted by Gasteiger charge is 2.20. The summed E-state index contributed by atoms with van der Waals surface area (Å²) in [5, 5.41) is 5.00. The lowest BCUT2D eigenvalue weighted by Crippen LogP contribution is -2.24. The number of sulfonamides is 1. The molecule has 3 aromatic carbocycles. The van der Waals surface area contributed by atoms with E-state index in [0.29, 0.717) is 6.54 Å². The van der Waals surface area contributed by atoms with Crippen molar-refractivity contribution in [1.29, 1.82) is 0 Å². The predicted molar refractivity (Wildman–Crippen MR) is 104 cm³/mol. The van der Waals surface area contributed by atoms with Crippen LogP contribution in [0.3, 0.4) is 0 Å². The largest absolute Gasteiger partial charge is 0.495 e. The molecule has 0 saturated heterocycles. The van der Waals surface area contributed by atoms with Crippen LogP contribution in [0.2, 0.25) is 0 Å². The van der Waals surface area contributed by atoms with E-state index in [1.54, 1.807) is 0 Å². The van der Waals surface area contributed by atoms with E-state index >= 15 is 0 Å². The van der Waals surface area contributed by atoms with E-state index in [1.807, 2.05) is 42.5 Å². The first-order chi connectivity index (χ1) is 13.0. The summed E-state index contributed by atoms with van der Waals surface area (Å²) in [6, 6.07) is 18.1. The predicted octanol–water partition coefficient (Wildman–Crippen LogP) is 2.69. The van der Waals surface area contributed by atoms with Gasteiger partial charge in [0, 0.05) is 12.1 Å². The van der Waals surface area contributed by atoms with Crippen molar-refractivity contribution in [3.05, 3.63) is 71.8 Å². The lowest BCUT2D eigenvalue weighted by Gasteiger charge is -2.12. The van der Waals surface area contributed by atoms with E-state index in [9.17, 15) is 13.2 Å². The Morgan fingerprint density at radius 1 is 1.04 bits per heavy atom. The maximum atomic E-state index is 12.6. The minimum Gasteiger partial charge on any atom is -0.495 e. The Kier molecular flexibility index (Phi) is 5.43. The zero-order valence-electron chi connectivity index (χ0n) is 15.0. The molecule has 1 amide bonds. The van der Waals surface area contributed by atoms with Gasteiger partial charge < -0.3 is 10.1 Å². The number of carbonyl (C=O) groups excluding carboxylic acids is 1. The molecule has 0 spiro atoms. The van der Waals surface area contributed by atoms with Crippen molar-refractivity contribution < 1.29 is 17.9 Å². The minimum absolute atomic E-state index is 0.0784. The van der Waals surface area contributed by atoms with Crippen LogP contribution in [0.15, 0.2) is 65.6 Å². The summed E-state index contributed by atoms with van der Waals surface area (Å²) in [4.78, 5) is 12.5. The topological polar surface area (TPSA) is 84.5 Å². The van der Waals surface area contributed by atoms with E-state index in [2.05, 4.69) is 10.0 Å². The molecule has 6 nitrogen and oxygen atoms in total. The smallest absolute Gasteiger partial charge is 0.251 e. The van der Waals surface area contributed by atoms with Gasteiger partial charge in [0.15, 0.2) is 0 Å². The molecule has 0 heterocycles. The quantitative estimate of drug-likeness (QED) is 0.684. The van der Waals surface area contributed by atoms with Gasteiger partial charge in [0.2, 0.25) is 10.0 Å². The summed E-state index contributed by atoms with van der Waals surface area (Å²) in [7, 11) is -1.06. The number of rotatable bonds is 6. The molecule has 0 fully saturated rings. The van der Waals surface area contributed by atoms with Crippen LogP contribution in [0.5, 0.6) is 5.75 Å². The number of methoxy groups -OCH3 is 1. The highest BCUT2D eigenvalue weighted by molar-refractivity contribution is 7.89. The van der Waals surface area contributed by atoms with Crippen LogP contribution in [-0.2, 0) is 16.6 Å². The summed E-state index contributed by atoms with van der Waals surface area (Å²) < 4.78 is 31.6. The van der Waals surface area contributed by atoms with Crippen molar-refractivity contribution in [2.45, 2.75) is 11.4 Å². The highest BCUT2D eigenvalue weighted by atomic mass is 32.2. The molecule has 7 heteroatoms. The molecule has 3 aromatic rings. The van der Waals surface area contributed by atoms with Crippen molar-refractivity contribution in [3.8, 4) is 5.75 Å². The third-order valence-corrected chi connectivity index (χ3v) is 5.74. The second kappa shape index (κ2) is 7.77. The number of nitrogens with one attached hydrogen (secondary N) is 2. The zero-order valence-corrected chi connectivity index (χ0v) is 15.8. The van der Waals surface area contributed by atoms with Crippen LogP contribution in [-0.4, -0.2) is 28.5 Å². The zero-order chi connectivity index (χ0) is 19.4. The highest BCUT2D eigenvalue weighted by Crippen LogP contribution is 2.25. The minimum atomic E-state index is -3.75. The maximum Gasteiger partial charge on any atom is 0.251 e. The fourth-order valence-corrected chi connectivity index (χ4v) is 3.78. The van der Waals surface area contributed by atoms with Gasteiger partial charge in [-0.15, -0.1) is 0 Å². The molecule has 0 saturated carbocycles. The molecule has 3 rings (SSSR count). The lowest BCUT2D eigenvalue weighted by molar-refractivity contribution is 0.0951. The van der Waals surface area contributed by atoms with Crippen molar-refractivity contribution in [2.75, 3.05) is 14.2 Å². The fraction of sp³-hybridized carbons (Fsp3) is 0.150. The number of benzene rings is 3. The molecule has 2 N–H and O–H groups in total. The number of hydrogen-bond donors (Lipinski definition) is 2. The molecule has 27 heavy (non-hydrogen) atoms. The number of carbonyl (C=O) groups is 1. The molecule has 0 aliphatic heterocycles. The second-order valence-electron chi connectivity index (χ2n) is 5.89. The van der Waals surface area contributed by atoms with Crippen molar-refractivity contribution in [3.63, 3.8) is 0 Å². The molecule has 0 bridgehead atoms. The Morgan fingerprint density at radius 3 is 2.52 bits per heavy atom. The van der Waals surface area contributed by atoms with Crippen molar-refractivity contribution >= 4 is 26.7 Å². The molecule has 0 aliphatic carbocycles. The van der Waals surface area contributed by atoms with E-state index in [0.717, 1.165) is 16.3 Å². The normalized spacial score (nSPS) is 11.3. The Labute approximate surface area is 158 Å². The van der Waals surface area contributed by atoms with Gasteiger partial charge in [-0.25, -0.2) is 13.1 Å². The molecule has 0 unspecified atom stereocenters. The third kappa shape index (κ3) is 3.94. The SMILES string of the molecule is CNS(=O)(=O)c1cc(C(=O)NCc2cccc3ccccc23)ccc1OC. The van der Waals surface area contributed by atoms with Gasteiger partial charge in [-0.1, -0.05) is 42.5 Å². The summed E-state index contributed by atoms with van der Waals surface area (Å²) in [5.41, 5.74) is 1.22. The Bertz CT molecular complexity index is 1090. The van der Waals surface area contributed by atoms with Crippen molar-refractivity contribution in [1.82, 2.24) is 10.0 Å².